The van der Waals surface area contributed by atoms with E-state index in [2.05, 4.69) is 0 Å². The second-order valence-electron chi connectivity index (χ2n) is 2.34. The first-order valence-electron chi connectivity index (χ1n) is 3.43. The van der Waals surface area contributed by atoms with Crippen LogP contribution in [0.3, 0.4) is 0 Å². The fourth-order valence-electron chi connectivity index (χ4n) is 0.879. The van der Waals surface area contributed by atoms with Gasteiger partial charge >= 0.3 is 7.75 Å². The summed E-state index contributed by atoms with van der Waals surface area (Å²) in [7, 11) is -4.83. The monoisotopic (exact) mass is 236 g/mol. The molecule has 1 atom stereocenters. The van der Waals surface area contributed by atoms with E-state index >= 15 is 0 Å². The van der Waals surface area contributed by atoms with Gasteiger partial charge in [0.25, 0.3) is 0 Å². The smallest absolute Gasteiger partial charge is 0.441 e. The molecular weight excluding hydrogens is 229 g/mol. The van der Waals surface area contributed by atoms with Crippen LogP contribution in [-0.4, -0.2) is 18.5 Å². The minimum absolute atomic E-state index is 0.0208. The van der Waals surface area contributed by atoms with Gasteiger partial charge in [0.2, 0.25) is 0 Å². The summed E-state index contributed by atoms with van der Waals surface area (Å²) >= 11 is -3.00. The van der Waals surface area contributed by atoms with Gasteiger partial charge in [0.15, 0.2) is 0 Å². The van der Waals surface area contributed by atoms with Crippen molar-refractivity contribution in [2.75, 3.05) is 4.08 Å². The van der Waals surface area contributed by atoms with Gasteiger partial charge in [-0.3, -0.25) is 4.21 Å². The van der Waals surface area contributed by atoms with Crippen LogP contribution in [0, 0.1) is 0 Å². The number of anilines is 1. The van der Waals surface area contributed by atoms with Crippen LogP contribution in [-0.2, 0) is 15.8 Å². The highest BCUT2D eigenvalue weighted by Crippen LogP contribution is 2.44. The Bertz CT molecular complexity index is 377. The van der Waals surface area contributed by atoms with E-state index in [1.807, 2.05) is 0 Å². The van der Waals surface area contributed by atoms with Crippen LogP contribution in [0.4, 0.5) is 5.69 Å². The molecule has 0 bridgehead atoms. The molecule has 1 aromatic rings. The van der Waals surface area contributed by atoms with Gasteiger partial charge in [0, 0.05) is 0 Å². The maximum atomic E-state index is 10.8. The van der Waals surface area contributed by atoms with Crippen molar-refractivity contribution in [3.05, 3.63) is 30.3 Å². The molecule has 0 saturated carbocycles. The standard InChI is InChI=1S/C6H8NO5PS/c8-13(9,10)7(14(11)12)6-4-2-1-3-5-6/h1-5H,(H,11,12)(H2,8,9,10)/p-1. The zero-order valence-corrected chi connectivity index (χ0v) is 8.52. The lowest BCUT2D eigenvalue weighted by Crippen LogP contribution is -2.21. The van der Waals surface area contributed by atoms with Crippen LogP contribution in [0.2, 0.25) is 0 Å². The van der Waals surface area contributed by atoms with Crippen LogP contribution in [0.15, 0.2) is 30.3 Å². The van der Waals surface area contributed by atoms with E-state index in [9.17, 15) is 13.3 Å². The van der Waals surface area contributed by atoms with Crippen molar-refractivity contribution in [3.63, 3.8) is 0 Å². The molecule has 1 unspecified atom stereocenters. The highest BCUT2D eigenvalue weighted by Gasteiger charge is 2.26. The van der Waals surface area contributed by atoms with E-state index < -0.39 is 19.0 Å². The number of hydrogen-bond donors (Lipinski definition) is 2. The fraction of sp³-hybridized carbons (Fsp3) is 0. The molecule has 0 aliphatic heterocycles. The number of rotatable bonds is 3. The molecule has 0 amide bonds. The molecular formula is C6H7NO5PS-. The van der Waals surface area contributed by atoms with E-state index in [1.54, 1.807) is 6.07 Å². The average molecular weight is 236 g/mol. The molecule has 8 heteroatoms. The Morgan fingerprint density at radius 1 is 1.29 bits per heavy atom. The molecule has 0 saturated heterocycles. The van der Waals surface area contributed by atoms with Crippen molar-refractivity contribution in [1.82, 2.24) is 0 Å². The summed E-state index contributed by atoms with van der Waals surface area (Å²) in [5.74, 6) is 0. The van der Waals surface area contributed by atoms with Crippen molar-refractivity contribution in [2.24, 2.45) is 0 Å². The first kappa shape index (κ1) is 11.4. The van der Waals surface area contributed by atoms with E-state index in [0.717, 1.165) is 0 Å². The highest BCUT2D eigenvalue weighted by atomic mass is 32.2. The number of nitrogens with zero attached hydrogens (tertiary/aromatic N) is 1. The van der Waals surface area contributed by atoms with E-state index in [4.69, 9.17) is 9.79 Å². The Kier molecular flexibility index (Phi) is 3.41. The van der Waals surface area contributed by atoms with Crippen molar-refractivity contribution in [2.45, 2.75) is 0 Å². The summed E-state index contributed by atoms with van der Waals surface area (Å²) < 4.78 is 32.0. The van der Waals surface area contributed by atoms with Crippen molar-refractivity contribution < 1.29 is 23.1 Å². The maximum absolute atomic E-state index is 10.8. The minimum Gasteiger partial charge on any atom is -0.755 e. The Balaban J connectivity index is 3.15. The molecule has 0 fully saturated rings. The number of hydrogen-bond acceptors (Lipinski definition) is 3. The molecule has 1 aromatic carbocycles. The van der Waals surface area contributed by atoms with Gasteiger partial charge in [0.1, 0.15) is 0 Å². The zero-order valence-electron chi connectivity index (χ0n) is 6.81. The lowest BCUT2D eigenvalue weighted by Gasteiger charge is -2.26. The molecule has 0 spiro atoms. The van der Waals surface area contributed by atoms with Crippen LogP contribution in [0.25, 0.3) is 0 Å². The first-order chi connectivity index (χ1) is 6.43. The van der Waals surface area contributed by atoms with E-state index in [0.29, 0.717) is 0 Å². The summed E-state index contributed by atoms with van der Waals surface area (Å²) in [6.45, 7) is 0. The van der Waals surface area contributed by atoms with Crippen molar-refractivity contribution >= 4 is 24.7 Å². The Morgan fingerprint density at radius 2 is 1.79 bits per heavy atom. The van der Waals surface area contributed by atoms with Gasteiger partial charge in [-0.15, -0.1) is 0 Å². The number of para-hydroxylation sites is 1. The first-order valence-corrected chi connectivity index (χ1v) is 6.03. The van der Waals surface area contributed by atoms with E-state index in [1.165, 1.54) is 24.3 Å². The van der Waals surface area contributed by atoms with Crippen LogP contribution in [0.1, 0.15) is 0 Å². The normalized spacial score (nSPS) is 13.6. The van der Waals surface area contributed by atoms with Crippen LogP contribution in [0.5, 0.6) is 0 Å². The summed E-state index contributed by atoms with van der Waals surface area (Å²) in [6, 6.07) is 7.13. The van der Waals surface area contributed by atoms with E-state index in [-0.39, 0.29) is 9.76 Å². The lowest BCUT2D eigenvalue weighted by molar-refractivity contribution is 0.374. The summed E-state index contributed by atoms with van der Waals surface area (Å²) in [4.78, 5) is 17.5. The third-order valence-electron chi connectivity index (χ3n) is 1.35. The third kappa shape index (κ3) is 2.63. The van der Waals surface area contributed by atoms with Gasteiger partial charge in [-0.1, -0.05) is 18.2 Å². The molecule has 1 rings (SSSR count). The second-order valence-corrected chi connectivity index (χ2v) is 4.84. The fourth-order valence-corrected chi connectivity index (χ4v) is 2.30. The largest absolute Gasteiger partial charge is 0.755 e. The Hall–Kier alpha value is -0.720. The molecule has 6 nitrogen and oxygen atoms in total. The third-order valence-corrected chi connectivity index (χ3v) is 3.59. The van der Waals surface area contributed by atoms with Gasteiger partial charge < -0.3 is 14.3 Å². The minimum atomic E-state index is -4.83. The maximum Gasteiger partial charge on any atom is 0.441 e. The van der Waals surface area contributed by atoms with Gasteiger partial charge in [0.05, 0.1) is 17.0 Å². The lowest BCUT2D eigenvalue weighted by atomic mass is 10.3. The Morgan fingerprint density at radius 3 is 2.14 bits per heavy atom. The number of benzene rings is 1. The average Bonchev–Trinajstić information content (AvgIpc) is 2.02. The predicted molar refractivity (Wildman–Crippen MR) is 49.9 cm³/mol. The molecule has 14 heavy (non-hydrogen) atoms. The quantitative estimate of drug-likeness (QED) is 0.583. The van der Waals surface area contributed by atoms with Gasteiger partial charge in [-0.05, 0) is 12.1 Å². The molecule has 0 aromatic heterocycles. The van der Waals surface area contributed by atoms with Gasteiger partial charge in [-0.25, -0.2) is 8.64 Å². The van der Waals surface area contributed by atoms with Crippen LogP contribution >= 0.6 is 7.75 Å². The zero-order chi connectivity index (χ0) is 10.8. The summed E-state index contributed by atoms with van der Waals surface area (Å²) in [5.41, 5.74) is -0.0748. The van der Waals surface area contributed by atoms with Crippen LogP contribution < -0.4 is 4.08 Å². The molecule has 0 heterocycles. The summed E-state index contributed by atoms with van der Waals surface area (Å²) in [6.07, 6.45) is 0. The molecule has 0 radical (unpaired) electrons. The molecule has 2 N–H and O–H groups in total. The van der Waals surface area contributed by atoms with Gasteiger partial charge in [-0.2, -0.15) is 0 Å². The van der Waals surface area contributed by atoms with Crippen molar-refractivity contribution in [3.8, 4) is 0 Å². The Labute approximate surface area is 82.8 Å². The second kappa shape index (κ2) is 4.20. The highest BCUT2D eigenvalue weighted by molar-refractivity contribution is 7.89. The molecule has 0 aliphatic carbocycles. The molecule has 0 aliphatic rings. The molecule has 78 valence electrons. The summed E-state index contributed by atoms with van der Waals surface area (Å²) in [5, 5.41) is 0. The van der Waals surface area contributed by atoms with Crippen molar-refractivity contribution in [1.29, 1.82) is 0 Å². The SMILES string of the molecule is O=S([O-])N(c1ccccc1)P(=O)(O)O. The predicted octanol–water partition coefficient (Wildman–Crippen LogP) is 0.380. The topological polar surface area (TPSA) is 101 Å².